The van der Waals surface area contributed by atoms with Crippen LogP contribution in [0, 0.1) is 13.8 Å². The van der Waals surface area contributed by atoms with Crippen LogP contribution < -0.4 is 11.1 Å². The summed E-state index contributed by atoms with van der Waals surface area (Å²) in [5, 5.41) is 2.89. The second-order valence-corrected chi connectivity index (χ2v) is 5.93. The Bertz CT molecular complexity index is 866. The molecule has 3 N–H and O–H groups in total. The van der Waals surface area contributed by atoms with Gasteiger partial charge in [0.25, 0.3) is 5.91 Å². The molecular formula is C20H20N4O. The van der Waals surface area contributed by atoms with Crippen molar-refractivity contribution in [1.29, 1.82) is 0 Å². The van der Waals surface area contributed by atoms with Crippen LogP contribution in [0.1, 0.15) is 27.6 Å². The molecule has 0 saturated carbocycles. The molecule has 0 fully saturated rings. The molecule has 1 amide bonds. The number of carbonyl (C=O) groups excluding carboxylic acids is 1. The van der Waals surface area contributed by atoms with Gasteiger partial charge < -0.3 is 11.1 Å². The SMILES string of the molecule is Cc1cc(CNC(=O)c2ccc(-c3ccc(N)cc3)cc2)nc(C)n1. The maximum Gasteiger partial charge on any atom is 0.251 e. The molecule has 0 aliphatic heterocycles. The van der Waals surface area contributed by atoms with Gasteiger partial charge >= 0.3 is 0 Å². The predicted molar refractivity (Wildman–Crippen MR) is 99.0 cm³/mol. The topological polar surface area (TPSA) is 80.9 Å². The van der Waals surface area contributed by atoms with E-state index in [-0.39, 0.29) is 5.91 Å². The molecule has 0 radical (unpaired) electrons. The van der Waals surface area contributed by atoms with E-state index >= 15 is 0 Å². The highest BCUT2D eigenvalue weighted by molar-refractivity contribution is 5.94. The molecule has 0 aliphatic carbocycles. The summed E-state index contributed by atoms with van der Waals surface area (Å²) >= 11 is 0. The summed E-state index contributed by atoms with van der Waals surface area (Å²) in [4.78, 5) is 20.9. The quantitative estimate of drug-likeness (QED) is 0.719. The fourth-order valence-electron chi connectivity index (χ4n) is 2.65. The smallest absolute Gasteiger partial charge is 0.251 e. The fraction of sp³-hybridized carbons (Fsp3) is 0.150. The highest BCUT2D eigenvalue weighted by Crippen LogP contribution is 2.21. The molecule has 126 valence electrons. The van der Waals surface area contributed by atoms with Gasteiger partial charge in [-0.15, -0.1) is 0 Å². The van der Waals surface area contributed by atoms with E-state index in [1.54, 1.807) is 0 Å². The van der Waals surface area contributed by atoms with E-state index in [1.807, 2.05) is 68.4 Å². The standard InChI is InChI=1S/C20H20N4O/c1-13-11-19(24-14(2)23-13)12-22-20(25)17-5-3-15(4-6-17)16-7-9-18(21)10-8-16/h3-11H,12,21H2,1-2H3,(H,22,25). The van der Waals surface area contributed by atoms with E-state index in [2.05, 4.69) is 15.3 Å². The Morgan fingerprint density at radius 2 is 1.56 bits per heavy atom. The van der Waals surface area contributed by atoms with Crippen LogP contribution in [0.3, 0.4) is 0 Å². The lowest BCUT2D eigenvalue weighted by molar-refractivity contribution is 0.0950. The van der Waals surface area contributed by atoms with E-state index in [0.29, 0.717) is 17.9 Å². The van der Waals surface area contributed by atoms with E-state index in [0.717, 1.165) is 28.2 Å². The van der Waals surface area contributed by atoms with Gasteiger partial charge in [-0.05, 0) is 55.3 Å². The minimum Gasteiger partial charge on any atom is -0.399 e. The largest absolute Gasteiger partial charge is 0.399 e. The number of carbonyl (C=O) groups is 1. The van der Waals surface area contributed by atoms with Gasteiger partial charge in [0.1, 0.15) is 5.82 Å². The summed E-state index contributed by atoms with van der Waals surface area (Å²) in [6, 6.07) is 17.0. The normalized spacial score (nSPS) is 10.5. The molecule has 0 saturated heterocycles. The van der Waals surface area contributed by atoms with Crippen molar-refractivity contribution in [2.24, 2.45) is 0 Å². The molecule has 0 spiro atoms. The van der Waals surface area contributed by atoms with Crippen molar-refractivity contribution in [1.82, 2.24) is 15.3 Å². The van der Waals surface area contributed by atoms with Gasteiger partial charge in [0, 0.05) is 16.9 Å². The number of anilines is 1. The zero-order valence-electron chi connectivity index (χ0n) is 14.3. The molecule has 1 aromatic heterocycles. The molecular weight excluding hydrogens is 312 g/mol. The number of hydrogen-bond donors (Lipinski definition) is 2. The van der Waals surface area contributed by atoms with Gasteiger partial charge in [-0.25, -0.2) is 9.97 Å². The summed E-state index contributed by atoms with van der Waals surface area (Å²) in [5.41, 5.74) is 10.8. The molecule has 3 aromatic rings. The summed E-state index contributed by atoms with van der Waals surface area (Å²) in [6.07, 6.45) is 0. The second kappa shape index (κ2) is 7.13. The minimum atomic E-state index is -0.127. The van der Waals surface area contributed by atoms with Crippen molar-refractivity contribution < 1.29 is 4.79 Å². The third-order valence-electron chi connectivity index (χ3n) is 3.84. The van der Waals surface area contributed by atoms with Gasteiger partial charge in [-0.3, -0.25) is 4.79 Å². The molecule has 3 rings (SSSR count). The maximum atomic E-state index is 12.3. The molecule has 5 nitrogen and oxygen atoms in total. The Morgan fingerprint density at radius 1 is 0.960 bits per heavy atom. The number of nitrogens with zero attached hydrogens (tertiary/aromatic N) is 2. The molecule has 2 aromatic carbocycles. The van der Waals surface area contributed by atoms with E-state index in [9.17, 15) is 4.79 Å². The second-order valence-electron chi connectivity index (χ2n) is 5.93. The summed E-state index contributed by atoms with van der Waals surface area (Å²) < 4.78 is 0. The average molecular weight is 332 g/mol. The number of nitrogens with one attached hydrogen (secondary N) is 1. The van der Waals surface area contributed by atoms with Crippen molar-refractivity contribution in [2.75, 3.05) is 5.73 Å². The molecule has 1 heterocycles. The fourth-order valence-corrected chi connectivity index (χ4v) is 2.65. The first-order chi connectivity index (χ1) is 12.0. The number of hydrogen-bond acceptors (Lipinski definition) is 4. The Hall–Kier alpha value is -3.21. The van der Waals surface area contributed by atoms with E-state index in [1.165, 1.54) is 0 Å². The van der Waals surface area contributed by atoms with Crippen LogP contribution in [0.2, 0.25) is 0 Å². The number of aryl methyl sites for hydroxylation is 2. The zero-order valence-corrected chi connectivity index (χ0v) is 14.3. The Kier molecular flexibility index (Phi) is 4.75. The molecule has 0 atom stereocenters. The third kappa shape index (κ3) is 4.20. The number of benzene rings is 2. The number of nitrogen functional groups attached to an aromatic ring is 1. The Balaban J connectivity index is 1.67. The monoisotopic (exact) mass is 332 g/mol. The number of aromatic nitrogens is 2. The zero-order chi connectivity index (χ0) is 17.8. The predicted octanol–water partition coefficient (Wildman–Crippen LogP) is 3.27. The van der Waals surface area contributed by atoms with Crippen LogP contribution >= 0.6 is 0 Å². The van der Waals surface area contributed by atoms with Crippen molar-refractivity contribution in [3.63, 3.8) is 0 Å². The molecule has 0 bridgehead atoms. The lowest BCUT2D eigenvalue weighted by Gasteiger charge is -2.07. The molecule has 25 heavy (non-hydrogen) atoms. The Morgan fingerprint density at radius 3 is 2.16 bits per heavy atom. The van der Waals surface area contributed by atoms with Gasteiger partial charge in [0.15, 0.2) is 0 Å². The first-order valence-corrected chi connectivity index (χ1v) is 8.06. The average Bonchev–Trinajstić information content (AvgIpc) is 2.60. The third-order valence-corrected chi connectivity index (χ3v) is 3.84. The first-order valence-electron chi connectivity index (χ1n) is 8.06. The van der Waals surface area contributed by atoms with Crippen LogP contribution in [0.15, 0.2) is 54.6 Å². The molecule has 0 unspecified atom stereocenters. The van der Waals surface area contributed by atoms with Crippen molar-refractivity contribution in [2.45, 2.75) is 20.4 Å². The van der Waals surface area contributed by atoms with Gasteiger partial charge in [0.05, 0.1) is 12.2 Å². The van der Waals surface area contributed by atoms with Crippen LogP contribution in [0.4, 0.5) is 5.69 Å². The molecule has 5 heteroatoms. The van der Waals surface area contributed by atoms with Crippen LogP contribution in [0.5, 0.6) is 0 Å². The number of nitrogens with two attached hydrogens (primary N) is 1. The maximum absolute atomic E-state index is 12.3. The highest BCUT2D eigenvalue weighted by atomic mass is 16.1. The minimum absolute atomic E-state index is 0.127. The summed E-state index contributed by atoms with van der Waals surface area (Å²) in [7, 11) is 0. The first kappa shape index (κ1) is 16.6. The highest BCUT2D eigenvalue weighted by Gasteiger charge is 2.07. The Labute approximate surface area is 146 Å². The number of rotatable bonds is 4. The summed E-state index contributed by atoms with van der Waals surface area (Å²) in [5.74, 6) is 0.579. The van der Waals surface area contributed by atoms with Gasteiger partial charge in [0.2, 0.25) is 0 Å². The van der Waals surface area contributed by atoms with Gasteiger partial charge in [-0.1, -0.05) is 24.3 Å². The summed E-state index contributed by atoms with van der Waals surface area (Å²) in [6.45, 7) is 4.13. The number of amides is 1. The van der Waals surface area contributed by atoms with Crippen molar-refractivity contribution in [3.8, 4) is 11.1 Å². The lowest BCUT2D eigenvalue weighted by Crippen LogP contribution is -2.23. The van der Waals surface area contributed by atoms with E-state index in [4.69, 9.17) is 5.73 Å². The van der Waals surface area contributed by atoms with E-state index < -0.39 is 0 Å². The van der Waals surface area contributed by atoms with Crippen LogP contribution in [-0.2, 0) is 6.54 Å². The lowest BCUT2D eigenvalue weighted by atomic mass is 10.0. The van der Waals surface area contributed by atoms with Crippen LogP contribution in [-0.4, -0.2) is 15.9 Å². The van der Waals surface area contributed by atoms with Crippen molar-refractivity contribution in [3.05, 3.63) is 77.4 Å². The van der Waals surface area contributed by atoms with Gasteiger partial charge in [-0.2, -0.15) is 0 Å². The van der Waals surface area contributed by atoms with Crippen molar-refractivity contribution >= 4 is 11.6 Å². The molecule has 0 aliphatic rings. The van der Waals surface area contributed by atoms with Crippen LogP contribution in [0.25, 0.3) is 11.1 Å².